The van der Waals surface area contributed by atoms with E-state index in [1.165, 1.54) is 0 Å². The molecule has 2 atom stereocenters. The highest BCUT2D eigenvalue weighted by Crippen LogP contribution is 2.29. The number of sulfonamides is 1. The van der Waals surface area contributed by atoms with Crippen molar-refractivity contribution >= 4 is 15.9 Å². The molecular formula is C24H28N2O3S. The predicted molar refractivity (Wildman–Crippen MR) is 120 cm³/mol. The Bertz CT molecular complexity index is 1070. The Labute approximate surface area is 178 Å². The Kier molecular flexibility index (Phi) is 6.77. The van der Waals surface area contributed by atoms with Gasteiger partial charge in [0, 0.05) is 12.2 Å². The highest BCUT2D eigenvalue weighted by molar-refractivity contribution is 7.90. The highest BCUT2D eigenvalue weighted by atomic mass is 32.2. The average Bonchev–Trinajstić information content (AvgIpc) is 3.19. The van der Waals surface area contributed by atoms with Crippen molar-refractivity contribution in [2.45, 2.75) is 38.5 Å². The maximum Gasteiger partial charge on any atom is 0.281 e. The summed E-state index contributed by atoms with van der Waals surface area (Å²) in [6.07, 6.45) is 2.55. The Morgan fingerprint density at radius 1 is 0.900 bits per heavy atom. The van der Waals surface area contributed by atoms with Crippen LogP contribution in [0.15, 0.2) is 79.0 Å². The molecule has 0 saturated heterocycles. The lowest BCUT2D eigenvalue weighted by molar-refractivity contribution is 0.0970. The standard InChI is InChI=1S/C24H28N2O3S/c1-18(2)23(21-13-8-5-9-14-21)30(28,29)25-24(27)22-15-10-16-26(22)19(3)17-20-11-6-4-7-12-20/h4-16,18-19,23H,17H2,1-3H3,(H,25,27). The molecule has 2 aromatic carbocycles. The molecule has 0 fully saturated rings. The number of aromatic nitrogens is 1. The Hall–Kier alpha value is -2.86. The molecule has 3 aromatic rings. The van der Waals surface area contributed by atoms with Crippen LogP contribution in [0.1, 0.15) is 53.7 Å². The molecular weight excluding hydrogens is 396 g/mol. The Morgan fingerprint density at radius 2 is 1.50 bits per heavy atom. The second kappa shape index (κ2) is 9.30. The SMILES string of the molecule is CC(C)C(c1ccccc1)S(=O)(=O)NC(=O)c1cccn1C(C)Cc1ccccc1. The topological polar surface area (TPSA) is 68.2 Å². The number of benzene rings is 2. The van der Waals surface area contributed by atoms with Gasteiger partial charge in [0.2, 0.25) is 10.0 Å². The van der Waals surface area contributed by atoms with Crippen molar-refractivity contribution in [3.63, 3.8) is 0 Å². The van der Waals surface area contributed by atoms with Gasteiger partial charge in [0.25, 0.3) is 5.91 Å². The number of hydrogen-bond acceptors (Lipinski definition) is 3. The first-order valence-corrected chi connectivity index (χ1v) is 11.7. The van der Waals surface area contributed by atoms with Gasteiger partial charge in [-0.05, 0) is 42.5 Å². The van der Waals surface area contributed by atoms with Gasteiger partial charge in [-0.25, -0.2) is 13.1 Å². The van der Waals surface area contributed by atoms with Gasteiger partial charge in [0.05, 0.1) is 0 Å². The van der Waals surface area contributed by atoms with E-state index < -0.39 is 21.2 Å². The maximum atomic E-state index is 13.1. The monoisotopic (exact) mass is 424 g/mol. The summed E-state index contributed by atoms with van der Waals surface area (Å²) in [5.41, 5.74) is 2.15. The second-order valence-electron chi connectivity index (χ2n) is 7.89. The summed E-state index contributed by atoms with van der Waals surface area (Å²) in [6, 6.07) is 22.4. The molecule has 0 saturated carbocycles. The minimum absolute atomic E-state index is 0.000808. The molecule has 1 aromatic heterocycles. The van der Waals surface area contributed by atoms with Crippen LogP contribution in [0.2, 0.25) is 0 Å². The molecule has 0 spiro atoms. The summed E-state index contributed by atoms with van der Waals surface area (Å²) in [4.78, 5) is 12.9. The zero-order valence-electron chi connectivity index (χ0n) is 17.5. The number of rotatable bonds is 8. The van der Waals surface area contributed by atoms with Gasteiger partial charge in [0.15, 0.2) is 0 Å². The lowest BCUT2D eigenvalue weighted by atomic mass is 10.0. The summed E-state index contributed by atoms with van der Waals surface area (Å²) in [7, 11) is -3.91. The Balaban J connectivity index is 1.81. The van der Waals surface area contributed by atoms with E-state index >= 15 is 0 Å². The molecule has 158 valence electrons. The van der Waals surface area contributed by atoms with Gasteiger partial charge >= 0.3 is 0 Å². The molecule has 5 nitrogen and oxygen atoms in total. The predicted octanol–water partition coefficient (Wildman–Crippen LogP) is 4.75. The Morgan fingerprint density at radius 3 is 2.10 bits per heavy atom. The van der Waals surface area contributed by atoms with Crippen LogP contribution in [0.3, 0.4) is 0 Å². The smallest absolute Gasteiger partial charge is 0.281 e. The average molecular weight is 425 g/mol. The fourth-order valence-electron chi connectivity index (χ4n) is 3.83. The first-order chi connectivity index (χ1) is 14.3. The second-order valence-corrected chi connectivity index (χ2v) is 9.69. The van der Waals surface area contributed by atoms with Crippen LogP contribution in [-0.2, 0) is 16.4 Å². The van der Waals surface area contributed by atoms with E-state index in [1.807, 2.05) is 67.9 Å². The molecule has 0 aliphatic heterocycles. The van der Waals surface area contributed by atoms with Crippen molar-refractivity contribution < 1.29 is 13.2 Å². The minimum atomic E-state index is -3.91. The fraction of sp³-hybridized carbons (Fsp3) is 0.292. The summed E-state index contributed by atoms with van der Waals surface area (Å²) < 4.78 is 30.4. The van der Waals surface area contributed by atoms with Gasteiger partial charge in [-0.15, -0.1) is 0 Å². The zero-order chi connectivity index (χ0) is 21.7. The summed E-state index contributed by atoms with van der Waals surface area (Å²) >= 11 is 0. The number of nitrogens with zero attached hydrogens (tertiary/aromatic N) is 1. The summed E-state index contributed by atoms with van der Waals surface area (Å²) in [5.74, 6) is -0.803. The van der Waals surface area contributed by atoms with Gasteiger partial charge in [0.1, 0.15) is 10.9 Å². The molecule has 1 heterocycles. The number of amides is 1. The van der Waals surface area contributed by atoms with Gasteiger partial charge in [-0.3, -0.25) is 4.79 Å². The van der Waals surface area contributed by atoms with Gasteiger partial charge in [-0.2, -0.15) is 0 Å². The molecule has 0 bridgehead atoms. The van der Waals surface area contributed by atoms with Crippen molar-refractivity contribution in [2.75, 3.05) is 0 Å². The minimum Gasteiger partial charge on any atom is -0.340 e. The molecule has 1 amide bonds. The molecule has 0 aliphatic rings. The zero-order valence-corrected chi connectivity index (χ0v) is 18.3. The largest absolute Gasteiger partial charge is 0.340 e. The number of hydrogen-bond donors (Lipinski definition) is 1. The normalized spacial score (nSPS) is 13.7. The summed E-state index contributed by atoms with van der Waals surface area (Å²) in [5, 5.41) is -0.812. The molecule has 6 heteroatoms. The van der Waals surface area contributed by atoms with Gasteiger partial charge < -0.3 is 4.57 Å². The molecule has 0 aliphatic carbocycles. The lowest BCUT2D eigenvalue weighted by Crippen LogP contribution is -2.37. The first-order valence-electron chi connectivity index (χ1n) is 10.1. The third-order valence-electron chi connectivity index (χ3n) is 5.16. The van der Waals surface area contributed by atoms with Crippen LogP contribution in [0, 0.1) is 5.92 Å². The van der Waals surface area contributed by atoms with Crippen LogP contribution in [0.5, 0.6) is 0 Å². The van der Waals surface area contributed by atoms with E-state index in [9.17, 15) is 13.2 Å². The summed E-state index contributed by atoms with van der Waals surface area (Å²) in [6.45, 7) is 5.69. The third kappa shape index (κ3) is 5.00. The molecule has 30 heavy (non-hydrogen) atoms. The van der Waals surface area contributed by atoms with Crippen LogP contribution < -0.4 is 4.72 Å². The van der Waals surface area contributed by atoms with Crippen molar-refractivity contribution in [3.8, 4) is 0 Å². The first kappa shape index (κ1) is 21.8. The lowest BCUT2D eigenvalue weighted by Gasteiger charge is -2.23. The van der Waals surface area contributed by atoms with Crippen molar-refractivity contribution in [1.82, 2.24) is 9.29 Å². The quantitative estimate of drug-likeness (QED) is 0.567. The van der Waals surface area contributed by atoms with Crippen LogP contribution in [-0.4, -0.2) is 18.9 Å². The fourth-order valence-corrected chi connectivity index (χ4v) is 5.56. The highest BCUT2D eigenvalue weighted by Gasteiger charge is 2.32. The third-order valence-corrected chi connectivity index (χ3v) is 7.12. The molecule has 0 radical (unpaired) electrons. The van der Waals surface area contributed by atoms with Crippen LogP contribution in [0.4, 0.5) is 0 Å². The molecule has 3 rings (SSSR count). The van der Waals surface area contributed by atoms with Crippen molar-refractivity contribution in [2.24, 2.45) is 5.92 Å². The number of carbonyl (C=O) groups is 1. The van der Waals surface area contributed by atoms with Crippen molar-refractivity contribution in [1.29, 1.82) is 0 Å². The van der Waals surface area contributed by atoms with E-state index in [2.05, 4.69) is 4.72 Å². The van der Waals surface area contributed by atoms with Crippen LogP contribution in [0.25, 0.3) is 0 Å². The molecule has 1 N–H and O–H groups in total. The van der Waals surface area contributed by atoms with E-state index in [-0.39, 0.29) is 12.0 Å². The number of carbonyl (C=O) groups excluding carboxylic acids is 1. The van der Waals surface area contributed by atoms with Gasteiger partial charge in [-0.1, -0.05) is 74.5 Å². The van der Waals surface area contributed by atoms with Crippen molar-refractivity contribution in [3.05, 3.63) is 95.8 Å². The maximum absolute atomic E-state index is 13.1. The van der Waals surface area contributed by atoms with Crippen LogP contribution >= 0.6 is 0 Å². The number of nitrogens with one attached hydrogen (secondary N) is 1. The van der Waals surface area contributed by atoms with E-state index in [1.54, 1.807) is 36.4 Å². The molecule has 2 unspecified atom stereocenters. The van der Waals surface area contributed by atoms with E-state index in [0.717, 1.165) is 12.0 Å². The van der Waals surface area contributed by atoms with E-state index in [4.69, 9.17) is 0 Å². The van der Waals surface area contributed by atoms with E-state index in [0.29, 0.717) is 11.3 Å².